The van der Waals surface area contributed by atoms with Gasteiger partial charge in [0.2, 0.25) is 0 Å². The predicted octanol–water partition coefficient (Wildman–Crippen LogP) is 4.89. The summed E-state index contributed by atoms with van der Waals surface area (Å²) in [5, 5.41) is 5.83. The fourth-order valence-electron chi connectivity index (χ4n) is 1.97. The molecule has 2 N–H and O–H groups in total. The molecular weight excluding hydrogens is 328 g/mol. The molecule has 0 radical (unpaired) electrons. The number of rotatable bonds is 3. The van der Waals surface area contributed by atoms with Gasteiger partial charge in [-0.3, -0.25) is 0 Å². The second-order valence-corrected chi connectivity index (χ2v) is 5.36. The van der Waals surface area contributed by atoms with E-state index in [4.69, 9.17) is 12.2 Å². The van der Waals surface area contributed by atoms with Crippen LogP contribution < -0.4 is 10.6 Å². The molecule has 23 heavy (non-hydrogen) atoms. The highest BCUT2D eigenvalue weighted by atomic mass is 32.1. The maximum Gasteiger partial charge on any atom is 0.416 e. The number of halogens is 4. The Morgan fingerprint density at radius 3 is 2.35 bits per heavy atom. The van der Waals surface area contributed by atoms with Crippen LogP contribution in [-0.2, 0) is 6.18 Å². The van der Waals surface area contributed by atoms with E-state index in [9.17, 15) is 17.6 Å². The summed E-state index contributed by atoms with van der Waals surface area (Å²) in [5.41, 5.74) is 0.292. The summed E-state index contributed by atoms with van der Waals surface area (Å²) in [6.07, 6.45) is -4.41. The normalized spacial score (nSPS) is 12.6. The average molecular weight is 342 g/mol. The zero-order valence-electron chi connectivity index (χ0n) is 12.1. The molecule has 0 aromatic heterocycles. The van der Waals surface area contributed by atoms with E-state index < -0.39 is 11.7 Å². The molecule has 1 atom stereocenters. The van der Waals surface area contributed by atoms with Crippen LogP contribution in [0.1, 0.15) is 24.1 Å². The van der Waals surface area contributed by atoms with E-state index in [-0.39, 0.29) is 22.7 Å². The van der Waals surface area contributed by atoms with E-state index in [1.54, 1.807) is 12.1 Å². The van der Waals surface area contributed by atoms with Crippen LogP contribution >= 0.6 is 12.2 Å². The lowest BCUT2D eigenvalue weighted by Gasteiger charge is -2.18. The van der Waals surface area contributed by atoms with Crippen molar-refractivity contribution < 1.29 is 17.6 Å². The second-order valence-electron chi connectivity index (χ2n) is 4.95. The van der Waals surface area contributed by atoms with Crippen molar-refractivity contribution in [1.82, 2.24) is 5.32 Å². The van der Waals surface area contributed by atoms with Crippen molar-refractivity contribution in [2.24, 2.45) is 0 Å². The van der Waals surface area contributed by atoms with Crippen molar-refractivity contribution >= 4 is 23.0 Å². The highest BCUT2D eigenvalue weighted by molar-refractivity contribution is 7.80. The van der Waals surface area contributed by atoms with Crippen LogP contribution in [0.15, 0.2) is 48.5 Å². The molecule has 0 aliphatic carbocycles. The molecule has 0 amide bonds. The van der Waals surface area contributed by atoms with Gasteiger partial charge in [0.05, 0.1) is 11.6 Å². The van der Waals surface area contributed by atoms with E-state index in [0.29, 0.717) is 0 Å². The topological polar surface area (TPSA) is 24.1 Å². The molecule has 0 saturated heterocycles. The van der Waals surface area contributed by atoms with Gasteiger partial charge < -0.3 is 10.6 Å². The van der Waals surface area contributed by atoms with Gasteiger partial charge in [0.25, 0.3) is 0 Å². The minimum absolute atomic E-state index is 0.182. The number of hydrogen-bond donors (Lipinski definition) is 2. The van der Waals surface area contributed by atoms with Gasteiger partial charge in [0, 0.05) is 5.69 Å². The summed E-state index contributed by atoms with van der Waals surface area (Å²) in [6, 6.07) is 10.4. The second kappa shape index (κ2) is 6.95. The molecule has 0 unspecified atom stereocenters. The Morgan fingerprint density at radius 2 is 1.74 bits per heavy atom. The minimum Gasteiger partial charge on any atom is -0.356 e. The van der Waals surface area contributed by atoms with Crippen LogP contribution in [0.4, 0.5) is 23.2 Å². The molecule has 0 aliphatic rings. The van der Waals surface area contributed by atoms with Crippen LogP contribution in [0.25, 0.3) is 0 Å². The molecule has 2 aromatic carbocycles. The average Bonchev–Trinajstić information content (AvgIpc) is 2.47. The highest BCUT2D eigenvalue weighted by Gasteiger charge is 2.30. The van der Waals surface area contributed by atoms with Gasteiger partial charge in [0.15, 0.2) is 5.11 Å². The van der Waals surface area contributed by atoms with E-state index in [1.807, 2.05) is 6.92 Å². The molecule has 0 bridgehead atoms. The van der Waals surface area contributed by atoms with Gasteiger partial charge in [-0.25, -0.2) is 4.39 Å². The molecule has 2 aromatic rings. The van der Waals surface area contributed by atoms with Gasteiger partial charge in [-0.1, -0.05) is 18.2 Å². The first-order valence-electron chi connectivity index (χ1n) is 6.76. The minimum atomic E-state index is -4.41. The molecule has 0 spiro atoms. The monoisotopic (exact) mass is 342 g/mol. The number of anilines is 1. The van der Waals surface area contributed by atoms with E-state index >= 15 is 0 Å². The van der Waals surface area contributed by atoms with Gasteiger partial charge in [-0.15, -0.1) is 0 Å². The lowest BCUT2D eigenvalue weighted by Crippen LogP contribution is -2.31. The summed E-state index contributed by atoms with van der Waals surface area (Å²) in [4.78, 5) is 0. The number of nitrogens with one attached hydrogen (secondary N) is 2. The van der Waals surface area contributed by atoms with Crippen LogP contribution in [-0.4, -0.2) is 5.11 Å². The molecule has 0 heterocycles. The van der Waals surface area contributed by atoms with Gasteiger partial charge >= 0.3 is 6.18 Å². The van der Waals surface area contributed by atoms with Crippen LogP contribution in [0.5, 0.6) is 0 Å². The Labute approximate surface area is 136 Å². The molecule has 2 rings (SSSR count). The van der Waals surface area contributed by atoms with Crippen molar-refractivity contribution in [3.05, 3.63) is 65.5 Å². The molecular formula is C16H14F4N2S. The van der Waals surface area contributed by atoms with Crippen molar-refractivity contribution in [1.29, 1.82) is 0 Å². The summed E-state index contributed by atoms with van der Waals surface area (Å²) >= 11 is 5.10. The zero-order chi connectivity index (χ0) is 17.0. The Balaban J connectivity index is 2.01. The van der Waals surface area contributed by atoms with Crippen molar-refractivity contribution in [3.63, 3.8) is 0 Å². The Kier molecular flexibility index (Phi) is 5.20. The predicted molar refractivity (Wildman–Crippen MR) is 85.6 cm³/mol. The molecule has 7 heteroatoms. The summed E-state index contributed by atoms with van der Waals surface area (Å²) < 4.78 is 50.9. The number of alkyl halides is 3. The van der Waals surface area contributed by atoms with Gasteiger partial charge in [-0.2, -0.15) is 13.2 Å². The van der Waals surface area contributed by atoms with Crippen LogP contribution in [0.2, 0.25) is 0 Å². The SMILES string of the molecule is C[C@@H](NC(=S)Nc1cccc(C(F)(F)F)c1)c1ccc(F)cc1. The fraction of sp³-hybridized carbons (Fsp3) is 0.188. The Hall–Kier alpha value is -2.15. The molecule has 0 saturated carbocycles. The van der Waals surface area contributed by atoms with Crippen molar-refractivity contribution in [2.45, 2.75) is 19.1 Å². The molecule has 0 aliphatic heterocycles. The lowest BCUT2D eigenvalue weighted by atomic mass is 10.1. The third-order valence-corrected chi connectivity index (χ3v) is 3.39. The maximum atomic E-state index is 12.9. The lowest BCUT2D eigenvalue weighted by molar-refractivity contribution is -0.137. The van der Waals surface area contributed by atoms with Crippen LogP contribution in [0, 0.1) is 5.82 Å². The standard InChI is InChI=1S/C16H14F4N2S/c1-10(11-5-7-13(17)8-6-11)21-15(23)22-14-4-2-3-12(9-14)16(18,19)20/h2-10H,1H3,(H2,21,22,23)/t10-/m1/s1. The fourth-order valence-corrected chi connectivity index (χ4v) is 2.27. The first kappa shape index (κ1) is 17.2. The number of hydrogen-bond acceptors (Lipinski definition) is 1. The Bertz CT molecular complexity index is 683. The number of thiocarbonyl (C=S) groups is 1. The smallest absolute Gasteiger partial charge is 0.356 e. The molecule has 2 nitrogen and oxygen atoms in total. The molecule has 122 valence electrons. The van der Waals surface area contributed by atoms with Gasteiger partial charge in [-0.05, 0) is 55.0 Å². The first-order chi connectivity index (χ1) is 10.8. The Morgan fingerprint density at radius 1 is 1.09 bits per heavy atom. The van der Waals surface area contributed by atoms with Crippen LogP contribution in [0.3, 0.4) is 0 Å². The number of benzene rings is 2. The van der Waals surface area contributed by atoms with E-state index in [1.165, 1.54) is 24.3 Å². The largest absolute Gasteiger partial charge is 0.416 e. The third-order valence-electron chi connectivity index (χ3n) is 3.17. The van der Waals surface area contributed by atoms with Crippen molar-refractivity contribution in [3.8, 4) is 0 Å². The quantitative estimate of drug-likeness (QED) is 0.613. The van der Waals surface area contributed by atoms with Gasteiger partial charge in [0.1, 0.15) is 5.82 Å². The first-order valence-corrected chi connectivity index (χ1v) is 7.17. The third kappa shape index (κ3) is 4.92. The molecule has 0 fully saturated rings. The van der Waals surface area contributed by atoms with Crippen molar-refractivity contribution in [2.75, 3.05) is 5.32 Å². The summed E-state index contributed by atoms with van der Waals surface area (Å²) in [6.45, 7) is 1.81. The maximum absolute atomic E-state index is 12.9. The van der Waals surface area contributed by atoms with E-state index in [2.05, 4.69) is 10.6 Å². The summed E-state index contributed by atoms with van der Waals surface area (Å²) in [7, 11) is 0. The zero-order valence-corrected chi connectivity index (χ0v) is 12.9. The van der Waals surface area contributed by atoms with E-state index in [0.717, 1.165) is 17.7 Å². The summed E-state index contributed by atoms with van der Waals surface area (Å²) in [5.74, 6) is -0.342. The highest BCUT2D eigenvalue weighted by Crippen LogP contribution is 2.30.